The van der Waals surface area contributed by atoms with Gasteiger partial charge in [0.25, 0.3) is 0 Å². The summed E-state index contributed by atoms with van der Waals surface area (Å²) in [6.07, 6.45) is 3.65. The number of rotatable bonds is 6. The summed E-state index contributed by atoms with van der Waals surface area (Å²) in [5.74, 6) is 0.890. The van der Waals surface area contributed by atoms with Crippen LogP contribution < -0.4 is 10.6 Å². The minimum Gasteiger partial charge on any atom is -0.383 e. The Hall–Kier alpha value is -0.0800. The van der Waals surface area contributed by atoms with Crippen LogP contribution in [0.25, 0.3) is 0 Å². The van der Waals surface area contributed by atoms with E-state index in [9.17, 15) is 0 Å². The first-order valence-electron chi connectivity index (χ1n) is 6.98. The smallest absolute Gasteiger partial charge is 0.191 e. The molecule has 1 aliphatic rings. The molecule has 1 aliphatic heterocycles. The molecule has 0 aromatic carbocycles. The average molecular weight is 384 g/mol. The summed E-state index contributed by atoms with van der Waals surface area (Å²) in [5, 5.41) is 6.74. The fourth-order valence-electron chi connectivity index (χ4n) is 2.28. The number of piperidine rings is 1. The number of nitrogens with one attached hydrogen (secondary N) is 2. The molecule has 19 heavy (non-hydrogen) atoms. The molecule has 0 atom stereocenters. The monoisotopic (exact) mass is 384 g/mol. The molecule has 0 aromatic heterocycles. The van der Waals surface area contributed by atoms with Crippen molar-refractivity contribution in [3.05, 3.63) is 0 Å². The number of aliphatic imine (C=N–C) groups is 1. The number of methoxy groups -OCH3 is 1. The zero-order valence-electron chi connectivity index (χ0n) is 12.4. The Morgan fingerprint density at radius 3 is 2.58 bits per heavy atom. The third kappa shape index (κ3) is 7.94. The van der Waals surface area contributed by atoms with Gasteiger partial charge < -0.3 is 20.3 Å². The lowest BCUT2D eigenvalue weighted by atomic mass is 10.1. The van der Waals surface area contributed by atoms with E-state index in [1.807, 2.05) is 7.05 Å². The van der Waals surface area contributed by atoms with Crippen LogP contribution in [0.15, 0.2) is 4.99 Å². The molecule has 0 unspecified atom stereocenters. The van der Waals surface area contributed by atoms with Crippen molar-refractivity contribution in [1.82, 2.24) is 15.5 Å². The van der Waals surface area contributed by atoms with E-state index in [-0.39, 0.29) is 24.0 Å². The first-order chi connectivity index (χ1) is 8.80. The van der Waals surface area contributed by atoms with Crippen molar-refractivity contribution in [3.63, 3.8) is 0 Å². The summed E-state index contributed by atoms with van der Waals surface area (Å²) in [7, 11) is 3.52. The molecule has 0 amide bonds. The number of ether oxygens (including phenoxy) is 1. The molecule has 5 nitrogen and oxygen atoms in total. The van der Waals surface area contributed by atoms with Crippen LogP contribution in [0.4, 0.5) is 0 Å². The fourth-order valence-corrected chi connectivity index (χ4v) is 2.28. The van der Waals surface area contributed by atoms with Gasteiger partial charge in [-0.05, 0) is 25.8 Å². The highest BCUT2D eigenvalue weighted by atomic mass is 127. The van der Waals surface area contributed by atoms with E-state index in [1.54, 1.807) is 7.11 Å². The highest BCUT2D eigenvalue weighted by Gasteiger charge is 2.18. The quantitative estimate of drug-likeness (QED) is 0.314. The van der Waals surface area contributed by atoms with Gasteiger partial charge in [-0.25, -0.2) is 0 Å². The van der Waals surface area contributed by atoms with Gasteiger partial charge in [-0.3, -0.25) is 4.99 Å². The van der Waals surface area contributed by atoms with Crippen LogP contribution in [0.5, 0.6) is 0 Å². The first-order valence-corrected chi connectivity index (χ1v) is 6.98. The van der Waals surface area contributed by atoms with Crippen LogP contribution >= 0.6 is 24.0 Å². The molecule has 1 fully saturated rings. The van der Waals surface area contributed by atoms with Crippen molar-refractivity contribution in [1.29, 1.82) is 0 Å². The van der Waals surface area contributed by atoms with E-state index in [2.05, 4.69) is 27.4 Å². The van der Waals surface area contributed by atoms with Gasteiger partial charge in [0, 0.05) is 39.8 Å². The van der Waals surface area contributed by atoms with Crippen molar-refractivity contribution in [3.8, 4) is 0 Å². The summed E-state index contributed by atoms with van der Waals surface area (Å²) < 4.78 is 5.02. The first kappa shape index (κ1) is 18.9. The van der Waals surface area contributed by atoms with Gasteiger partial charge in [0.1, 0.15) is 0 Å². The molecule has 0 bridgehead atoms. The Kier molecular flexibility index (Phi) is 11.7. The van der Waals surface area contributed by atoms with E-state index in [4.69, 9.17) is 4.74 Å². The standard InChI is InChI=1S/C13H28N4O.HI/c1-4-8-17-9-5-12(6-10-17)16-13(14-2)15-7-11-18-3;/h12H,4-11H2,1-3H3,(H2,14,15,16);1H. The van der Waals surface area contributed by atoms with Crippen LogP contribution in [0, 0.1) is 0 Å². The Morgan fingerprint density at radius 2 is 2.05 bits per heavy atom. The predicted molar refractivity (Wildman–Crippen MR) is 91.5 cm³/mol. The molecular weight excluding hydrogens is 355 g/mol. The maximum atomic E-state index is 5.02. The van der Waals surface area contributed by atoms with E-state index >= 15 is 0 Å². The Bertz CT molecular complexity index is 243. The largest absolute Gasteiger partial charge is 0.383 e. The molecule has 0 aromatic rings. The van der Waals surface area contributed by atoms with Gasteiger partial charge >= 0.3 is 0 Å². The second-order valence-electron chi connectivity index (χ2n) is 4.75. The molecule has 2 N–H and O–H groups in total. The second-order valence-corrected chi connectivity index (χ2v) is 4.75. The van der Waals surface area contributed by atoms with Gasteiger partial charge in [-0.1, -0.05) is 6.92 Å². The molecule has 0 aliphatic carbocycles. The SMILES string of the molecule is CCCN1CCC(NC(=NC)NCCOC)CC1.I. The van der Waals surface area contributed by atoms with Crippen molar-refractivity contribution in [2.45, 2.75) is 32.2 Å². The minimum atomic E-state index is 0. The van der Waals surface area contributed by atoms with Crippen LogP contribution in [0.1, 0.15) is 26.2 Å². The zero-order valence-corrected chi connectivity index (χ0v) is 14.8. The van der Waals surface area contributed by atoms with Crippen molar-refractivity contribution in [2.24, 2.45) is 4.99 Å². The maximum Gasteiger partial charge on any atom is 0.191 e. The number of hydrogen-bond donors (Lipinski definition) is 2. The molecule has 0 saturated carbocycles. The van der Waals surface area contributed by atoms with Crippen LogP contribution in [-0.4, -0.2) is 63.8 Å². The van der Waals surface area contributed by atoms with Crippen molar-refractivity contribution < 1.29 is 4.74 Å². The third-order valence-electron chi connectivity index (χ3n) is 3.29. The number of hydrogen-bond acceptors (Lipinski definition) is 3. The lowest BCUT2D eigenvalue weighted by Crippen LogP contribution is -2.49. The lowest BCUT2D eigenvalue weighted by molar-refractivity contribution is 0.200. The van der Waals surface area contributed by atoms with Crippen molar-refractivity contribution >= 4 is 29.9 Å². The average Bonchev–Trinajstić information content (AvgIpc) is 2.40. The van der Waals surface area contributed by atoms with E-state index in [0.29, 0.717) is 12.6 Å². The summed E-state index contributed by atoms with van der Waals surface area (Å²) in [5.41, 5.74) is 0. The van der Waals surface area contributed by atoms with Gasteiger partial charge in [-0.15, -0.1) is 24.0 Å². The van der Waals surface area contributed by atoms with Crippen LogP contribution in [0.2, 0.25) is 0 Å². The molecular formula is C13H29IN4O. The Morgan fingerprint density at radius 1 is 1.37 bits per heavy atom. The highest BCUT2D eigenvalue weighted by Crippen LogP contribution is 2.10. The summed E-state index contributed by atoms with van der Waals surface area (Å²) in [4.78, 5) is 6.78. The molecule has 1 rings (SSSR count). The van der Waals surface area contributed by atoms with E-state index in [1.165, 1.54) is 38.9 Å². The van der Waals surface area contributed by atoms with E-state index in [0.717, 1.165) is 12.5 Å². The number of nitrogens with zero attached hydrogens (tertiary/aromatic N) is 2. The normalized spacial score (nSPS) is 17.9. The van der Waals surface area contributed by atoms with Crippen LogP contribution in [-0.2, 0) is 4.74 Å². The molecule has 114 valence electrons. The highest BCUT2D eigenvalue weighted by molar-refractivity contribution is 14.0. The fraction of sp³-hybridized carbons (Fsp3) is 0.923. The summed E-state index contributed by atoms with van der Waals surface area (Å²) in [6, 6.07) is 0.548. The second kappa shape index (κ2) is 11.7. The topological polar surface area (TPSA) is 48.9 Å². The number of guanidine groups is 1. The molecule has 0 radical (unpaired) electrons. The van der Waals surface area contributed by atoms with Crippen LogP contribution in [0.3, 0.4) is 0 Å². The molecule has 6 heteroatoms. The number of halogens is 1. The van der Waals surface area contributed by atoms with Crippen molar-refractivity contribution in [2.75, 3.05) is 46.9 Å². The predicted octanol–water partition coefficient (Wildman–Crippen LogP) is 1.29. The van der Waals surface area contributed by atoms with Gasteiger partial charge in [0.2, 0.25) is 0 Å². The number of likely N-dealkylation sites (tertiary alicyclic amines) is 1. The zero-order chi connectivity index (χ0) is 13.2. The Labute approximate surface area is 134 Å². The van der Waals surface area contributed by atoms with Gasteiger partial charge in [0.15, 0.2) is 5.96 Å². The molecule has 1 saturated heterocycles. The molecule has 0 spiro atoms. The maximum absolute atomic E-state index is 5.02. The third-order valence-corrected chi connectivity index (χ3v) is 3.29. The minimum absolute atomic E-state index is 0. The summed E-state index contributed by atoms with van der Waals surface area (Å²) in [6.45, 7) is 7.36. The summed E-state index contributed by atoms with van der Waals surface area (Å²) >= 11 is 0. The molecule has 1 heterocycles. The Balaban J connectivity index is 0.00000324. The van der Waals surface area contributed by atoms with Gasteiger partial charge in [0.05, 0.1) is 6.61 Å². The lowest BCUT2D eigenvalue weighted by Gasteiger charge is -2.32. The van der Waals surface area contributed by atoms with E-state index < -0.39 is 0 Å². The van der Waals surface area contributed by atoms with Gasteiger partial charge in [-0.2, -0.15) is 0 Å².